The van der Waals surface area contributed by atoms with E-state index in [2.05, 4.69) is 51.6 Å². The van der Waals surface area contributed by atoms with Gasteiger partial charge in [0.05, 0.1) is 0 Å². The van der Waals surface area contributed by atoms with Crippen LogP contribution in [-0.2, 0) is 11.8 Å². The van der Waals surface area contributed by atoms with Crippen LogP contribution in [0.4, 0.5) is 0 Å². The van der Waals surface area contributed by atoms with E-state index in [4.69, 9.17) is 5.73 Å². The Kier molecular flexibility index (Phi) is 5.35. The van der Waals surface area contributed by atoms with Gasteiger partial charge in [0.15, 0.2) is 0 Å². The molecule has 0 spiro atoms. The Morgan fingerprint density at radius 1 is 1.30 bits per heavy atom. The number of rotatable bonds is 4. The van der Waals surface area contributed by atoms with E-state index in [1.807, 2.05) is 26.0 Å². The monoisotopic (exact) mass is 271 g/mol. The SMILES string of the molecule is C=C/C=C\Cc1ccc(C)cc1C1(C)CC1(C)N.CC. The lowest BCUT2D eigenvalue weighted by atomic mass is 9.87. The lowest BCUT2D eigenvalue weighted by Crippen LogP contribution is -2.28. The maximum absolute atomic E-state index is 6.32. The molecule has 0 aromatic heterocycles. The van der Waals surface area contributed by atoms with Crippen molar-refractivity contribution in [2.75, 3.05) is 0 Å². The smallest absolute Gasteiger partial charge is 0.0230 e. The summed E-state index contributed by atoms with van der Waals surface area (Å²) in [4.78, 5) is 0. The second-order valence-corrected chi connectivity index (χ2v) is 5.95. The van der Waals surface area contributed by atoms with Crippen molar-refractivity contribution in [2.45, 2.75) is 58.4 Å². The highest BCUT2D eigenvalue weighted by Crippen LogP contribution is 2.56. The molecule has 1 aliphatic carbocycles. The van der Waals surface area contributed by atoms with Crippen LogP contribution in [-0.4, -0.2) is 5.54 Å². The van der Waals surface area contributed by atoms with Crippen LogP contribution in [0.2, 0.25) is 0 Å². The first-order chi connectivity index (χ1) is 9.40. The van der Waals surface area contributed by atoms with Gasteiger partial charge in [-0.05, 0) is 37.8 Å². The molecule has 2 N–H and O–H groups in total. The molecule has 2 rings (SSSR count). The maximum atomic E-state index is 6.32. The molecule has 0 heterocycles. The van der Waals surface area contributed by atoms with Gasteiger partial charge in [-0.2, -0.15) is 0 Å². The molecule has 1 nitrogen and oxygen atoms in total. The molecule has 1 saturated carbocycles. The molecule has 0 bridgehead atoms. The van der Waals surface area contributed by atoms with Gasteiger partial charge in [-0.25, -0.2) is 0 Å². The first-order valence-corrected chi connectivity index (χ1v) is 7.57. The van der Waals surface area contributed by atoms with Crippen molar-refractivity contribution in [3.05, 3.63) is 59.7 Å². The number of hydrogen-bond donors (Lipinski definition) is 1. The summed E-state index contributed by atoms with van der Waals surface area (Å²) < 4.78 is 0. The Hall–Kier alpha value is -1.34. The molecule has 0 saturated heterocycles. The summed E-state index contributed by atoms with van der Waals surface area (Å²) in [5, 5.41) is 0. The number of nitrogens with two attached hydrogens (primary N) is 1. The fourth-order valence-corrected chi connectivity index (χ4v) is 2.77. The van der Waals surface area contributed by atoms with Crippen LogP contribution in [0.3, 0.4) is 0 Å². The van der Waals surface area contributed by atoms with Crippen LogP contribution in [0.1, 0.15) is 50.8 Å². The Labute approximate surface area is 124 Å². The van der Waals surface area contributed by atoms with Crippen molar-refractivity contribution >= 4 is 0 Å². The molecule has 110 valence electrons. The molecular formula is C19H29N. The predicted octanol–water partition coefficient (Wildman–Crippen LogP) is 4.68. The second kappa shape index (κ2) is 6.41. The molecule has 1 aromatic carbocycles. The Balaban J connectivity index is 0.000000956. The topological polar surface area (TPSA) is 26.0 Å². The quantitative estimate of drug-likeness (QED) is 0.790. The lowest BCUT2D eigenvalue weighted by molar-refractivity contribution is 0.607. The van der Waals surface area contributed by atoms with Gasteiger partial charge >= 0.3 is 0 Å². The highest BCUT2D eigenvalue weighted by molar-refractivity contribution is 5.47. The number of allylic oxidation sites excluding steroid dienone is 3. The first kappa shape index (κ1) is 16.7. The van der Waals surface area contributed by atoms with Crippen LogP contribution in [0.25, 0.3) is 0 Å². The third-order valence-corrected chi connectivity index (χ3v) is 4.33. The fraction of sp³-hybridized carbons (Fsp3) is 0.474. The molecular weight excluding hydrogens is 242 g/mol. The zero-order valence-corrected chi connectivity index (χ0v) is 13.7. The maximum Gasteiger partial charge on any atom is 0.0230 e. The van der Waals surface area contributed by atoms with Gasteiger partial charge in [0.25, 0.3) is 0 Å². The highest BCUT2D eigenvalue weighted by atomic mass is 14.9. The Bertz CT molecular complexity index is 496. The van der Waals surface area contributed by atoms with E-state index in [9.17, 15) is 0 Å². The zero-order chi connectivity index (χ0) is 15.4. The molecule has 1 fully saturated rings. The molecule has 1 aromatic rings. The van der Waals surface area contributed by atoms with Crippen molar-refractivity contribution in [2.24, 2.45) is 5.73 Å². The summed E-state index contributed by atoms with van der Waals surface area (Å²) in [5.74, 6) is 0. The Morgan fingerprint density at radius 2 is 1.90 bits per heavy atom. The largest absolute Gasteiger partial charge is 0.325 e. The van der Waals surface area contributed by atoms with Gasteiger partial charge in [-0.3, -0.25) is 0 Å². The van der Waals surface area contributed by atoms with E-state index in [0.29, 0.717) is 0 Å². The summed E-state index contributed by atoms with van der Waals surface area (Å²) in [5.41, 5.74) is 10.5. The standard InChI is InChI=1S/C17H23N.C2H6/c1-5-6-7-8-14-10-9-13(2)11-15(14)16(3)12-17(16,4)18;1-2/h5-7,9-11H,1,8,12,18H2,2-4H3;1-2H3/b7-6-;. The molecule has 20 heavy (non-hydrogen) atoms. The molecule has 2 atom stereocenters. The molecule has 1 aliphatic rings. The van der Waals surface area contributed by atoms with Crippen LogP contribution < -0.4 is 5.73 Å². The van der Waals surface area contributed by atoms with Gasteiger partial charge in [-0.15, -0.1) is 0 Å². The first-order valence-electron chi connectivity index (χ1n) is 7.57. The van der Waals surface area contributed by atoms with Crippen molar-refractivity contribution < 1.29 is 0 Å². The van der Waals surface area contributed by atoms with Gasteiger partial charge < -0.3 is 5.73 Å². The number of aryl methyl sites for hydroxylation is 1. The third kappa shape index (κ3) is 3.21. The average Bonchev–Trinajstić information content (AvgIpc) is 2.94. The summed E-state index contributed by atoms with van der Waals surface area (Å²) in [6.45, 7) is 14.3. The van der Waals surface area contributed by atoms with Crippen molar-refractivity contribution in [3.8, 4) is 0 Å². The zero-order valence-electron chi connectivity index (χ0n) is 13.7. The fourth-order valence-electron chi connectivity index (χ4n) is 2.77. The van der Waals surface area contributed by atoms with Crippen LogP contribution in [0.5, 0.6) is 0 Å². The molecule has 0 amide bonds. The lowest BCUT2D eigenvalue weighted by Gasteiger charge is -2.19. The van der Waals surface area contributed by atoms with Crippen LogP contribution in [0.15, 0.2) is 43.0 Å². The predicted molar refractivity (Wildman–Crippen MR) is 90.1 cm³/mol. The minimum atomic E-state index is -0.0578. The van der Waals surface area contributed by atoms with Crippen molar-refractivity contribution in [3.63, 3.8) is 0 Å². The number of hydrogen-bond acceptors (Lipinski definition) is 1. The average molecular weight is 271 g/mol. The normalized spacial score (nSPS) is 27.9. The Morgan fingerprint density at radius 3 is 2.40 bits per heavy atom. The van der Waals surface area contributed by atoms with E-state index in [0.717, 1.165) is 12.8 Å². The van der Waals surface area contributed by atoms with Crippen molar-refractivity contribution in [1.29, 1.82) is 0 Å². The minimum Gasteiger partial charge on any atom is -0.325 e. The van der Waals surface area contributed by atoms with Gasteiger partial charge in [-0.1, -0.05) is 69.3 Å². The minimum absolute atomic E-state index is 0.0578. The van der Waals surface area contributed by atoms with Gasteiger partial charge in [0, 0.05) is 11.0 Å². The molecule has 0 aliphatic heterocycles. The number of benzene rings is 1. The van der Waals surface area contributed by atoms with Crippen LogP contribution >= 0.6 is 0 Å². The summed E-state index contributed by atoms with van der Waals surface area (Å²) in [7, 11) is 0. The molecule has 0 radical (unpaired) electrons. The summed E-state index contributed by atoms with van der Waals surface area (Å²) in [6, 6.07) is 6.72. The highest BCUT2D eigenvalue weighted by Gasteiger charge is 2.59. The van der Waals surface area contributed by atoms with Gasteiger partial charge in [0.2, 0.25) is 0 Å². The second-order valence-electron chi connectivity index (χ2n) is 5.95. The van der Waals surface area contributed by atoms with Crippen LogP contribution in [0, 0.1) is 6.92 Å². The van der Waals surface area contributed by atoms with Crippen molar-refractivity contribution in [1.82, 2.24) is 0 Å². The summed E-state index contributed by atoms with van der Waals surface area (Å²) in [6.07, 6.45) is 8.00. The third-order valence-electron chi connectivity index (χ3n) is 4.33. The van der Waals surface area contributed by atoms with E-state index >= 15 is 0 Å². The molecule has 1 heteroatoms. The van der Waals surface area contributed by atoms with Gasteiger partial charge in [0.1, 0.15) is 0 Å². The van der Waals surface area contributed by atoms with E-state index in [1.165, 1.54) is 16.7 Å². The summed E-state index contributed by atoms with van der Waals surface area (Å²) >= 11 is 0. The molecule has 2 unspecified atom stereocenters. The van der Waals surface area contributed by atoms with E-state index in [-0.39, 0.29) is 11.0 Å². The van der Waals surface area contributed by atoms with E-state index < -0.39 is 0 Å². The van der Waals surface area contributed by atoms with E-state index in [1.54, 1.807) is 0 Å².